The van der Waals surface area contributed by atoms with E-state index < -0.39 is 5.60 Å². The Balaban J connectivity index is 2.14. The second kappa shape index (κ2) is 8.21. The van der Waals surface area contributed by atoms with Gasteiger partial charge in [-0.05, 0) is 32.0 Å². The molecule has 2 N–H and O–H groups in total. The van der Waals surface area contributed by atoms with Crippen LogP contribution in [-0.2, 0) is 16.1 Å². The van der Waals surface area contributed by atoms with Gasteiger partial charge in [0.05, 0.1) is 21.3 Å². The van der Waals surface area contributed by atoms with Gasteiger partial charge < -0.3 is 29.6 Å². The Kier molecular flexibility index (Phi) is 6.28. The number of amides is 1. The van der Waals surface area contributed by atoms with Crippen molar-refractivity contribution in [1.82, 2.24) is 10.6 Å². The number of ether oxygens (including phenoxy) is 4. The SMILES string of the molecule is COc1cc(OC)c(OC)cc1CNC(=O)C1(OC)CCNCC1. The van der Waals surface area contributed by atoms with Crippen molar-refractivity contribution in [3.63, 3.8) is 0 Å². The molecule has 134 valence electrons. The van der Waals surface area contributed by atoms with E-state index >= 15 is 0 Å². The average Bonchev–Trinajstić information content (AvgIpc) is 2.65. The van der Waals surface area contributed by atoms with Gasteiger partial charge >= 0.3 is 0 Å². The minimum atomic E-state index is -0.769. The van der Waals surface area contributed by atoms with E-state index in [1.807, 2.05) is 0 Å². The number of nitrogens with one attached hydrogen (secondary N) is 2. The topological polar surface area (TPSA) is 78.0 Å². The van der Waals surface area contributed by atoms with Crippen molar-refractivity contribution < 1.29 is 23.7 Å². The zero-order chi connectivity index (χ0) is 17.6. The molecule has 1 amide bonds. The number of piperidine rings is 1. The molecule has 0 saturated carbocycles. The highest BCUT2D eigenvalue weighted by Gasteiger charge is 2.39. The van der Waals surface area contributed by atoms with Crippen LogP contribution in [0, 0.1) is 0 Å². The molecule has 0 atom stereocenters. The molecule has 1 saturated heterocycles. The quantitative estimate of drug-likeness (QED) is 0.775. The highest BCUT2D eigenvalue weighted by atomic mass is 16.5. The first-order valence-electron chi connectivity index (χ1n) is 7.93. The maximum Gasteiger partial charge on any atom is 0.252 e. The molecule has 2 rings (SSSR count). The van der Waals surface area contributed by atoms with Gasteiger partial charge in [-0.1, -0.05) is 0 Å². The molecule has 7 nitrogen and oxygen atoms in total. The van der Waals surface area contributed by atoms with E-state index in [2.05, 4.69) is 10.6 Å². The third-order valence-electron chi connectivity index (χ3n) is 4.44. The summed E-state index contributed by atoms with van der Waals surface area (Å²) in [5, 5.41) is 6.19. The zero-order valence-corrected chi connectivity index (χ0v) is 14.7. The van der Waals surface area contributed by atoms with Crippen LogP contribution in [-0.4, -0.2) is 53.0 Å². The summed E-state index contributed by atoms with van der Waals surface area (Å²) in [6, 6.07) is 3.55. The van der Waals surface area contributed by atoms with Gasteiger partial charge in [0.1, 0.15) is 11.4 Å². The molecule has 1 heterocycles. The molecule has 1 aromatic carbocycles. The maximum atomic E-state index is 12.6. The predicted molar refractivity (Wildman–Crippen MR) is 89.8 cm³/mol. The first kappa shape index (κ1) is 18.4. The number of hydrogen-bond donors (Lipinski definition) is 2. The fourth-order valence-corrected chi connectivity index (χ4v) is 2.92. The summed E-state index contributed by atoms with van der Waals surface area (Å²) >= 11 is 0. The van der Waals surface area contributed by atoms with Gasteiger partial charge in [0, 0.05) is 25.3 Å². The van der Waals surface area contributed by atoms with Crippen LogP contribution >= 0.6 is 0 Å². The normalized spacial score (nSPS) is 16.3. The molecule has 0 spiro atoms. The Morgan fingerprint density at radius 1 is 1.04 bits per heavy atom. The zero-order valence-electron chi connectivity index (χ0n) is 14.7. The van der Waals surface area contributed by atoms with Crippen molar-refractivity contribution in [2.75, 3.05) is 41.5 Å². The smallest absolute Gasteiger partial charge is 0.252 e. The molecule has 7 heteroatoms. The van der Waals surface area contributed by atoms with Crippen molar-refractivity contribution >= 4 is 5.91 Å². The van der Waals surface area contributed by atoms with Gasteiger partial charge in [-0.2, -0.15) is 0 Å². The van der Waals surface area contributed by atoms with E-state index in [1.165, 1.54) is 0 Å². The first-order chi connectivity index (χ1) is 11.6. The molecule has 1 aliphatic heterocycles. The lowest BCUT2D eigenvalue weighted by molar-refractivity contribution is -0.146. The Labute approximate surface area is 142 Å². The Morgan fingerprint density at radius 2 is 1.62 bits per heavy atom. The van der Waals surface area contributed by atoms with Crippen molar-refractivity contribution in [1.29, 1.82) is 0 Å². The fourth-order valence-electron chi connectivity index (χ4n) is 2.92. The Bertz CT molecular complexity index is 570. The summed E-state index contributed by atoms with van der Waals surface area (Å²) in [4.78, 5) is 12.6. The van der Waals surface area contributed by atoms with Crippen LogP contribution in [0.15, 0.2) is 12.1 Å². The molecule has 24 heavy (non-hydrogen) atoms. The van der Waals surface area contributed by atoms with E-state index in [1.54, 1.807) is 40.6 Å². The molecular formula is C17H26N2O5. The molecule has 1 aliphatic rings. The van der Waals surface area contributed by atoms with E-state index in [0.29, 0.717) is 36.6 Å². The van der Waals surface area contributed by atoms with Gasteiger partial charge in [-0.15, -0.1) is 0 Å². The van der Waals surface area contributed by atoms with Gasteiger partial charge in [0.25, 0.3) is 5.91 Å². The fraction of sp³-hybridized carbons (Fsp3) is 0.588. The lowest BCUT2D eigenvalue weighted by atomic mass is 9.91. The van der Waals surface area contributed by atoms with Gasteiger partial charge in [-0.3, -0.25) is 4.79 Å². The van der Waals surface area contributed by atoms with Crippen LogP contribution in [0.25, 0.3) is 0 Å². The molecule has 1 fully saturated rings. The van der Waals surface area contributed by atoms with E-state index in [4.69, 9.17) is 18.9 Å². The number of carbonyl (C=O) groups is 1. The Hall–Kier alpha value is -1.99. The van der Waals surface area contributed by atoms with E-state index in [9.17, 15) is 4.79 Å². The molecule has 1 aromatic rings. The molecule has 0 aliphatic carbocycles. The van der Waals surface area contributed by atoms with Crippen LogP contribution in [0.3, 0.4) is 0 Å². The third kappa shape index (κ3) is 3.73. The molecule has 0 aromatic heterocycles. The summed E-state index contributed by atoms with van der Waals surface area (Å²) in [5.41, 5.74) is 0.0402. The molecule has 0 unspecified atom stereocenters. The lowest BCUT2D eigenvalue weighted by Gasteiger charge is -2.34. The number of rotatable bonds is 7. The van der Waals surface area contributed by atoms with Crippen molar-refractivity contribution in [3.8, 4) is 17.2 Å². The average molecular weight is 338 g/mol. The van der Waals surface area contributed by atoms with Gasteiger partial charge in [0.2, 0.25) is 0 Å². The first-order valence-corrected chi connectivity index (χ1v) is 7.93. The highest BCUT2D eigenvalue weighted by molar-refractivity contribution is 5.85. The van der Waals surface area contributed by atoms with Crippen molar-refractivity contribution in [3.05, 3.63) is 17.7 Å². The number of hydrogen-bond acceptors (Lipinski definition) is 6. The third-order valence-corrected chi connectivity index (χ3v) is 4.44. The molecule has 0 bridgehead atoms. The number of carbonyl (C=O) groups excluding carboxylic acids is 1. The van der Waals surface area contributed by atoms with E-state index in [-0.39, 0.29) is 5.91 Å². The van der Waals surface area contributed by atoms with Crippen LogP contribution in [0.5, 0.6) is 17.2 Å². The summed E-state index contributed by atoms with van der Waals surface area (Å²) in [6.45, 7) is 1.85. The van der Waals surface area contributed by atoms with Crippen LogP contribution in [0.1, 0.15) is 18.4 Å². The standard InChI is InChI=1S/C17H26N2O5/c1-21-13-10-15(23-3)14(22-2)9-12(13)11-19-16(20)17(24-4)5-7-18-8-6-17/h9-10,18H,5-8,11H2,1-4H3,(H,19,20). The minimum absolute atomic E-state index is 0.108. The maximum absolute atomic E-state index is 12.6. The lowest BCUT2D eigenvalue weighted by Crippen LogP contribution is -2.53. The number of methoxy groups -OCH3 is 4. The van der Waals surface area contributed by atoms with Crippen molar-refractivity contribution in [2.24, 2.45) is 0 Å². The summed E-state index contributed by atoms with van der Waals surface area (Å²) in [7, 11) is 6.30. The highest BCUT2D eigenvalue weighted by Crippen LogP contribution is 2.34. The van der Waals surface area contributed by atoms with Crippen molar-refractivity contribution in [2.45, 2.75) is 25.0 Å². The second-order valence-electron chi connectivity index (χ2n) is 5.65. The summed E-state index contributed by atoms with van der Waals surface area (Å²) < 4.78 is 21.5. The number of benzene rings is 1. The van der Waals surface area contributed by atoms with Crippen LogP contribution in [0.4, 0.5) is 0 Å². The summed E-state index contributed by atoms with van der Waals surface area (Å²) in [5.74, 6) is 1.69. The second-order valence-corrected chi connectivity index (χ2v) is 5.65. The monoisotopic (exact) mass is 338 g/mol. The Morgan fingerprint density at radius 3 is 2.17 bits per heavy atom. The predicted octanol–water partition coefficient (Wildman–Crippen LogP) is 1.10. The van der Waals surface area contributed by atoms with Gasteiger partial charge in [0.15, 0.2) is 11.5 Å². The van der Waals surface area contributed by atoms with Crippen LogP contribution in [0.2, 0.25) is 0 Å². The minimum Gasteiger partial charge on any atom is -0.496 e. The largest absolute Gasteiger partial charge is 0.496 e. The van der Waals surface area contributed by atoms with Gasteiger partial charge in [-0.25, -0.2) is 0 Å². The van der Waals surface area contributed by atoms with Crippen LogP contribution < -0.4 is 24.8 Å². The molecular weight excluding hydrogens is 312 g/mol. The van der Waals surface area contributed by atoms with E-state index in [0.717, 1.165) is 18.7 Å². The summed E-state index contributed by atoms with van der Waals surface area (Å²) in [6.07, 6.45) is 1.30. The molecule has 0 radical (unpaired) electrons.